The van der Waals surface area contributed by atoms with Gasteiger partial charge in [-0.15, -0.1) is 0 Å². The Morgan fingerprint density at radius 3 is 2.92 bits per heavy atom. The molecule has 0 amide bonds. The Morgan fingerprint density at radius 2 is 2.15 bits per heavy atom. The number of aromatic nitrogens is 1. The van der Waals surface area contributed by atoms with Crippen molar-refractivity contribution < 1.29 is 5.11 Å². The molecule has 4 N–H and O–H groups in total. The standard InChI is InChI=1S/C10H12N2O/c11-10(13)5-7-6-12-9-4-2-1-3-8(7)9/h1-4,6,10,12-13H,5,11H2/t10-/m0/s1. The summed E-state index contributed by atoms with van der Waals surface area (Å²) in [6.45, 7) is 0. The quantitative estimate of drug-likeness (QED) is 0.597. The predicted octanol–water partition coefficient (Wildman–Crippen LogP) is 0.987. The number of hydrogen-bond donors (Lipinski definition) is 3. The van der Waals surface area contributed by atoms with Crippen LogP contribution in [0.2, 0.25) is 0 Å². The van der Waals surface area contributed by atoms with Crippen LogP contribution >= 0.6 is 0 Å². The topological polar surface area (TPSA) is 62.0 Å². The van der Waals surface area contributed by atoms with E-state index in [0.29, 0.717) is 6.42 Å². The summed E-state index contributed by atoms with van der Waals surface area (Å²) < 4.78 is 0. The molecule has 1 heterocycles. The van der Waals surface area contributed by atoms with Gasteiger partial charge in [-0.3, -0.25) is 0 Å². The first-order valence-electron chi connectivity index (χ1n) is 4.26. The zero-order valence-corrected chi connectivity index (χ0v) is 7.20. The molecule has 0 aliphatic carbocycles. The third kappa shape index (κ3) is 1.56. The lowest BCUT2D eigenvalue weighted by Crippen LogP contribution is -2.21. The maximum atomic E-state index is 9.05. The van der Waals surface area contributed by atoms with Crippen LogP contribution in [0.3, 0.4) is 0 Å². The molecule has 0 saturated heterocycles. The number of benzene rings is 1. The van der Waals surface area contributed by atoms with Crippen LogP contribution in [0.5, 0.6) is 0 Å². The molecule has 2 aromatic rings. The number of nitrogens with one attached hydrogen (secondary N) is 1. The first-order valence-corrected chi connectivity index (χ1v) is 4.26. The largest absolute Gasteiger partial charge is 0.378 e. The van der Waals surface area contributed by atoms with Crippen LogP contribution in [0, 0.1) is 0 Å². The van der Waals surface area contributed by atoms with Crippen molar-refractivity contribution in [3.05, 3.63) is 36.0 Å². The summed E-state index contributed by atoms with van der Waals surface area (Å²) in [7, 11) is 0. The van der Waals surface area contributed by atoms with Gasteiger partial charge in [-0.25, -0.2) is 0 Å². The van der Waals surface area contributed by atoms with E-state index in [1.807, 2.05) is 30.5 Å². The molecule has 0 aliphatic heterocycles. The molecule has 3 heteroatoms. The second kappa shape index (κ2) is 3.20. The maximum Gasteiger partial charge on any atom is 0.106 e. The van der Waals surface area contributed by atoms with Gasteiger partial charge < -0.3 is 15.8 Å². The number of fused-ring (bicyclic) bond motifs is 1. The second-order valence-electron chi connectivity index (χ2n) is 3.13. The van der Waals surface area contributed by atoms with Gasteiger partial charge in [0.05, 0.1) is 0 Å². The Balaban J connectivity index is 2.46. The summed E-state index contributed by atoms with van der Waals surface area (Å²) in [4.78, 5) is 3.13. The lowest BCUT2D eigenvalue weighted by Gasteiger charge is -2.01. The van der Waals surface area contributed by atoms with Crippen molar-refractivity contribution in [3.8, 4) is 0 Å². The first kappa shape index (κ1) is 8.29. The Kier molecular flexibility index (Phi) is 2.04. The third-order valence-corrected chi connectivity index (χ3v) is 2.10. The zero-order valence-electron chi connectivity index (χ0n) is 7.20. The van der Waals surface area contributed by atoms with Gasteiger partial charge in [0, 0.05) is 23.5 Å². The van der Waals surface area contributed by atoms with E-state index in [1.165, 1.54) is 0 Å². The van der Waals surface area contributed by atoms with E-state index in [0.717, 1.165) is 16.5 Å². The number of nitrogens with two attached hydrogens (primary N) is 1. The van der Waals surface area contributed by atoms with Crippen molar-refractivity contribution >= 4 is 10.9 Å². The minimum absolute atomic E-state index is 0.490. The molecule has 1 atom stereocenters. The van der Waals surface area contributed by atoms with E-state index in [1.54, 1.807) is 0 Å². The van der Waals surface area contributed by atoms with Gasteiger partial charge in [-0.1, -0.05) is 18.2 Å². The summed E-state index contributed by atoms with van der Waals surface area (Å²) in [5, 5.41) is 10.2. The number of para-hydroxylation sites is 1. The van der Waals surface area contributed by atoms with Crippen LogP contribution in [-0.4, -0.2) is 16.3 Å². The van der Waals surface area contributed by atoms with Gasteiger partial charge in [0.2, 0.25) is 0 Å². The maximum absolute atomic E-state index is 9.05. The molecular weight excluding hydrogens is 164 g/mol. The SMILES string of the molecule is N[C@@H](O)Cc1c[nH]c2ccccc12. The Labute approximate surface area is 76.2 Å². The predicted molar refractivity (Wildman–Crippen MR) is 52.2 cm³/mol. The number of hydrogen-bond acceptors (Lipinski definition) is 2. The van der Waals surface area contributed by atoms with E-state index in [9.17, 15) is 0 Å². The van der Waals surface area contributed by atoms with Gasteiger partial charge in [-0.05, 0) is 11.6 Å². The third-order valence-electron chi connectivity index (χ3n) is 2.10. The molecular formula is C10H12N2O. The molecule has 2 rings (SSSR count). The van der Waals surface area contributed by atoms with Crippen LogP contribution in [0.1, 0.15) is 5.56 Å². The highest BCUT2D eigenvalue weighted by molar-refractivity contribution is 5.83. The van der Waals surface area contributed by atoms with Gasteiger partial charge >= 0.3 is 0 Å². The molecule has 0 bridgehead atoms. The van der Waals surface area contributed by atoms with Crippen molar-refractivity contribution in [1.82, 2.24) is 4.98 Å². The minimum Gasteiger partial charge on any atom is -0.378 e. The van der Waals surface area contributed by atoms with Crippen LogP contribution < -0.4 is 5.73 Å². The first-order chi connectivity index (χ1) is 6.27. The zero-order chi connectivity index (χ0) is 9.26. The molecule has 1 aromatic carbocycles. The molecule has 1 aromatic heterocycles. The van der Waals surface area contributed by atoms with Crippen LogP contribution in [-0.2, 0) is 6.42 Å². The van der Waals surface area contributed by atoms with Crippen molar-refractivity contribution in [1.29, 1.82) is 0 Å². The average molecular weight is 176 g/mol. The number of aliphatic hydroxyl groups is 1. The minimum atomic E-state index is -0.779. The lowest BCUT2D eigenvalue weighted by molar-refractivity contribution is 0.183. The van der Waals surface area contributed by atoms with E-state index in [-0.39, 0.29) is 0 Å². The van der Waals surface area contributed by atoms with Crippen LogP contribution in [0.4, 0.5) is 0 Å². The highest BCUT2D eigenvalue weighted by Crippen LogP contribution is 2.18. The van der Waals surface area contributed by atoms with Crippen molar-refractivity contribution in [3.63, 3.8) is 0 Å². The lowest BCUT2D eigenvalue weighted by atomic mass is 10.1. The molecule has 0 unspecified atom stereocenters. The van der Waals surface area contributed by atoms with E-state index in [4.69, 9.17) is 10.8 Å². The van der Waals surface area contributed by atoms with E-state index >= 15 is 0 Å². The molecule has 3 nitrogen and oxygen atoms in total. The van der Waals surface area contributed by atoms with E-state index in [2.05, 4.69) is 4.98 Å². The summed E-state index contributed by atoms with van der Waals surface area (Å²) in [6, 6.07) is 7.97. The van der Waals surface area contributed by atoms with Crippen molar-refractivity contribution in [2.45, 2.75) is 12.6 Å². The number of rotatable bonds is 2. The average Bonchev–Trinajstić information content (AvgIpc) is 2.48. The Morgan fingerprint density at radius 1 is 1.38 bits per heavy atom. The summed E-state index contributed by atoms with van der Waals surface area (Å²) in [6.07, 6.45) is 1.60. The smallest absolute Gasteiger partial charge is 0.106 e. The molecule has 0 spiro atoms. The second-order valence-corrected chi connectivity index (χ2v) is 3.13. The Hall–Kier alpha value is -1.32. The molecule has 13 heavy (non-hydrogen) atoms. The fourth-order valence-corrected chi connectivity index (χ4v) is 1.53. The van der Waals surface area contributed by atoms with E-state index < -0.39 is 6.23 Å². The fraction of sp³-hybridized carbons (Fsp3) is 0.200. The fourth-order valence-electron chi connectivity index (χ4n) is 1.53. The highest BCUT2D eigenvalue weighted by atomic mass is 16.3. The summed E-state index contributed by atoms with van der Waals surface area (Å²) >= 11 is 0. The Bertz CT molecular complexity index is 406. The van der Waals surface area contributed by atoms with Gasteiger partial charge in [0.15, 0.2) is 0 Å². The molecule has 0 fully saturated rings. The monoisotopic (exact) mass is 176 g/mol. The van der Waals surface area contributed by atoms with Crippen molar-refractivity contribution in [2.24, 2.45) is 5.73 Å². The number of H-pyrrole nitrogens is 1. The van der Waals surface area contributed by atoms with Gasteiger partial charge in [0.25, 0.3) is 0 Å². The van der Waals surface area contributed by atoms with Gasteiger partial charge in [-0.2, -0.15) is 0 Å². The molecule has 0 radical (unpaired) electrons. The van der Waals surface area contributed by atoms with Crippen LogP contribution in [0.15, 0.2) is 30.5 Å². The normalized spacial score (nSPS) is 13.4. The van der Waals surface area contributed by atoms with Gasteiger partial charge in [0.1, 0.15) is 6.23 Å². The number of aromatic amines is 1. The summed E-state index contributed by atoms with van der Waals surface area (Å²) in [5.41, 5.74) is 7.46. The number of aliphatic hydroxyl groups excluding tert-OH is 1. The van der Waals surface area contributed by atoms with Crippen molar-refractivity contribution in [2.75, 3.05) is 0 Å². The molecule has 0 aliphatic rings. The molecule has 0 saturated carbocycles. The summed E-state index contributed by atoms with van der Waals surface area (Å²) in [5.74, 6) is 0. The molecule has 68 valence electrons. The van der Waals surface area contributed by atoms with Crippen LogP contribution in [0.25, 0.3) is 10.9 Å². The highest BCUT2D eigenvalue weighted by Gasteiger charge is 2.04.